The monoisotopic (exact) mass is 386 g/mol. The number of sulfonamides is 1. The number of hydrogen-bond acceptors (Lipinski definition) is 5. The molecule has 0 unspecified atom stereocenters. The fourth-order valence-corrected chi connectivity index (χ4v) is 5.40. The highest BCUT2D eigenvalue weighted by molar-refractivity contribution is 7.91. The van der Waals surface area contributed by atoms with Crippen LogP contribution in [-0.4, -0.2) is 58.1 Å². The molecule has 0 atom stereocenters. The van der Waals surface area contributed by atoms with Gasteiger partial charge in [0, 0.05) is 31.1 Å². The average molecular weight is 387 g/mol. The van der Waals surface area contributed by atoms with E-state index < -0.39 is 10.0 Å². The maximum atomic E-state index is 12.6. The molecule has 1 saturated carbocycles. The third-order valence-corrected chi connectivity index (χ3v) is 7.63. The lowest BCUT2D eigenvalue weighted by Crippen LogP contribution is -2.40. The molecule has 0 aromatic carbocycles. The van der Waals surface area contributed by atoms with Gasteiger partial charge in [-0.3, -0.25) is 0 Å². The molecule has 2 heterocycles. The number of morpholine rings is 1. The minimum absolute atomic E-state index is 0.385. The molecule has 0 amide bonds. The second-order valence-electron chi connectivity index (χ2n) is 6.26. The normalized spacial score (nSPS) is 19.8. The zero-order chi connectivity index (χ0) is 17.7. The summed E-state index contributed by atoms with van der Waals surface area (Å²) in [5, 5.41) is 6.57. The van der Waals surface area contributed by atoms with E-state index in [1.165, 1.54) is 28.5 Å². The lowest BCUT2D eigenvalue weighted by atomic mass is 10.4. The van der Waals surface area contributed by atoms with E-state index in [1.807, 2.05) is 13.0 Å². The van der Waals surface area contributed by atoms with Crippen molar-refractivity contribution in [1.29, 1.82) is 0 Å². The topological polar surface area (TPSA) is 83.0 Å². The van der Waals surface area contributed by atoms with Crippen LogP contribution in [0.15, 0.2) is 21.3 Å². The summed E-state index contributed by atoms with van der Waals surface area (Å²) in [6, 6.07) is 3.54. The smallest absolute Gasteiger partial charge is 0.252 e. The van der Waals surface area contributed by atoms with E-state index in [0.717, 1.165) is 29.8 Å². The standard InChI is InChI=1S/C16H26N4O3S2/c1-2-17-16(18-11-13-3-4-13)19-12-14-5-6-15(24-14)25(21,22)20-7-9-23-10-8-20/h5-6,13H,2-4,7-12H2,1H3,(H2,17,18,19). The number of aliphatic imine (C=N–C) groups is 1. The Labute approximate surface area is 153 Å². The van der Waals surface area contributed by atoms with Crippen molar-refractivity contribution >= 4 is 27.3 Å². The van der Waals surface area contributed by atoms with E-state index in [4.69, 9.17) is 4.74 Å². The van der Waals surface area contributed by atoms with Crippen LogP contribution in [0, 0.1) is 5.92 Å². The summed E-state index contributed by atoms with van der Waals surface area (Å²) < 4.78 is 32.4. The Morgan fingerprint density at radius 1 is 1.32 bits per heavy atom. The van der Waals surface area contributed by atoms with E-state index in [2.05, 4.69) is 15.6 Å². The van der Waals surface area contributed by atoms with Crippen molar-refractivity contribution in [2.75, 3.05) is 39.4 Å². The molecule has 2 N–H and O–H groups in total. The van der Waals surface area contributed by atoms with Crippen molar-refractivity contribution in [3.05, 3.63) is 17.0 Å². The predicted octanol–water partition coefficient (Wildman–Crippen LogP) is 1.23. The van der Waals surface area contributed by atoms with Crippen molar-refractivity contribution in [2.24, 2.45) is 10.9 Å². The van der Waals surface area contributed by atoms with Crippen LogP contribution in [-0.2, 0) is 21.3 Å². The molecule has 1 aliphatic carbocycles. The molecular formula is C16H26N4O3S2. The Hall–Kier alpha value is -1.16. The highest BCUT2D eigenvalue weighted by atomic mass is 32.2. The summed E-state index contributed by atoms with van der Waals surface area (Å²) in [7, 11) is -3.41. The van der Waals surface area contributed by atoms with E-state index >= 15 is 0 Å². The van der Waals surface area contributed by atoms with Gasteiger partial charge in [0.1, 0.15) is 4.21 Å². The third-order valence-electron chi connectivity index (χ3n) is 4.19. The molecule has 7 nitrogen and oxygen atoms in total. The predicted molar refractivity (Wildman–Crippen MR) is 99.4 cm³/mol. The molecule has 9 heteroatoms. The molecule has 1 saturated heterocycles. The zero-order valence-corrected chi connectivity index (χ0v) is 16.2. The third kappa shape index (κ3) is 5.16. The van der Waals surface area contributed by atoms with Gasteiger partial charge >= 0.3 is 0 Å². The van der Waals surface area contributed by atoms with Gasteiger partial charge in [0.15, 0.2) is 5.96 Å². The summed E-state index contributed by atoms with van der Waals surface area (Å²) in [6.45, 7) is 6.02. The van der Waals surface area contributed by atoms with E-state index in [-0.39, 0.29) is 0 Å². The Morgan fingerprint density at radius 2 is 2.08 bits per heavy atom. The second-order valence-corrected chi connectivity index (χ2v) is 9.59. The van der Waals surface area contributed by atoms with Gasteiger partial charge in [-0.25, -0.2) is 13.4 Å². The van der Waals surface area contributed by atoms with Crippen molar-refractivity contribution < 1.29 is 13.2 Å². The van der Waals surface area contributed by atoms with Crippen molar-refractivity contribution in [1.82, 2.24) is 14.9 Å². The van der Waals surface area contributed by atoms with E-state index in [0.29, 0.717) is 37.1 Å². The first-order valence-electron chi connectivity index (χ1n) is 8.78. The number of hydrogen-bond donors (Lipinski definition) is 2. The highest BCUT2D eigenvalue weighted by Gasteiger charge is 2.27. The first-order chi connectivity index (χ1) is 12.1. The Bertz CT molecular complexity index is 692. The van der Waals surface area contributed by atoms with E-state index in [1.54, 1.807) is 6.07 Å². The van der Waals surface area contributed by atoms with Gasteiger partial charge in [0.25, 0.3) is 10.0 Å². The van der Waals surface area contributed by atoms with Crippen LogP contribution < -0.4 is 10.6 Å². The summed E-state index contributed by atoms with van der Waals surface area (Å²) in [5.41, 5.74) is 0. The van der Waals surface area contributed by atoms with Crippen LogP contribution in [0.3, 0.4) is 0 Å². The molecule has 1 aromatic heterocycles. The molecule has 25 heavy (non-hydrogen) atoms. The molecule has 0 bridgehead atoms. The molecule has 140 valence electrons. The number of ether oxygens (including phenoxy) is 1. The molecule has 1 aliphatic heterocycles. The highest BCUT2D eigenvalue weighted by Crippen LogP contribution is 2.28. The first-order valence-corrected chi connectivity index (χ1v) is 11.0. The van der Waals surface area contributed by atoms with Crippen molar-refractivity contribution in [3.63, 3.8) is 0 Å². The minimum atomic E-state index is -3.41. The van der Waals surface area contributed by atoms with Gasteiger partial charge in [0.05, 0.1) is 19.8 Å². The Kier molecular flexibility index (Phi) is 6.32. The van der Waals surface area contributed by atoms with Crippen LogP contribution in [0.2, 0.25) is 0 Å². The molecule has 2 fully saturated rings. The van der Waals surface area contributed by atoms with E-state index in [9.17, 15) is 8.42 Å². The van der Waals surface area contributed by atoms with Crippen LogP contribution in [0.4, 0.5) is 0 Å². The number of nitrogens with zero attached hydrogens (tertiary/aromatic N) is 2. The summed E-state index contributed by atoms with van der Waals surface area (Å²) in [5.74, 6) is 1.57. The van der Waals surface area contributed by atoms with Crippen LogP contribution >= 0.6 is 11.3 Å². The van der Waals surface area contributed by atoms with Crippen molar-refractivity contribution in [3.8, 4) is 0 Å². The fraction of sp³-hybridized carbons (Fsp3) is 0.688. The Morgan fingerprint density at radius 3 is 2.76 bits per heavy atom. The van der Waals surface area contributed by atoms with Gasteiger partial charge in [-0.1, -0.05) is 0 Å². The number of thiophene rings is 1. The number of guanidine groups is 1. The largest absolute Gasteiger partial charge is 0.379 e. The molecule has 3 rings (SSSR count). The zero-order valence-electron chi connectivity index (χ0n) is 14.5. The molecule has 0 radical (unpaired) electrons. The quantitative estimate of drug-likeness (QED) is 0.544. The number of rotatable bonds is 7. The summed E-state index contributed by atoms with van der Waals surface area (Å²) in [6.07, 6.45) is 2.58. The molecule has 0 spiro atoms. The Balaban J connectivity index is 1.62. The summed E-state index contributed by atoms with van der Waals surface area (Å²) in [4.78, 5) is 5.51. The van der Waals surface area contributed by atoms with Gasteiger partial charge < -0.3 is 15.4 Å². The lowest BCUT2D eigenvalue weighted by molar-refractivity contribution is 0.0731. The van der Waals surface area contributed by atoms with Gasteiger partial charge in [-0.05, 0) is 37.8 Å². The minimum Gasteiger partial charge on any atom is -0.379 e. The molecule has 2 aliphatic rings. The number of nitrogens with one attached hydrogen (secondary N) is 2. The molecular weight excluding hydrogens is 360 g/mol. The second kappa shape index (κ2) is 8.48. The van der Waals surface area contributed by atoms with Crippen molar-refractivity contribution in [2.45, 2.75) is 30.5 Å². The lowest BCUT2D eigenvalue weighted by Gasteiger charge is -2.25. The molecule has 1 aromatic rings. The summed E-state index contributed by atoms with van der Waals surface area (Å²) >= 11 is 1.30. The maximum absolute atomic E-state index is 12.6. The average Bonchev–Trinajstić information content (AvgIpc) is 3.33. The van der Waals surface area contributed by atoms with Gasteiger partial charge in [-0.2, -0.15) is 4.31 Å². The van der Waals surface area contributed by atoms with Gasteiger partial charge in [-0.15, -0.1) is 11.3 Å². The van der Waals surface area contributed by atoms with Crippen LogP contribution in [0.1, 0.15) is 24.6 Å². The van der Waals surface area contributed by atoms with Crippen LogP contribution in [0.25, 0.3) is 0 Å². The maximum Gasteiger partial charge on any atom is 0.252 e. The fourth-order valence-electron chi connectivity index (χ4n) is 2.56. The van der Waals surface area contributed by atoms with Crippen LogP contribution in [0.5, 0.6) is 0 Å². The SMILES string of the molecule is CCNC(=NCc1ccc(S(=O)(=O)N2CCOCC2)s1)NCC1CC1. The first kappa shape index (κ1) is 18.6. The van der Waals surface area contributed by atoms with Gasteiger partial charge in [0.2, 0.25) is 0 Å².